The van der Waals surface area contributed by atoms with E-state index in [1.807, 2.05) is 19.1 Å². The van der Waals surface area contributed by atoms with Gasteiger partial charge in [0.05, 0.1) is 24.3 Å². The van der Waals surface area contributed by atoms with Crippen molar-refractivity contribution in [2.24, 2.45) is 10.9 Å². The molecule has 2 atom stereocenters. The van der Waals surface area contributed by atoms with Gasteiger partial charge in [0, 0.05) is 38.5 Å². The highest BCUT2D eigenvalue weighted by molar-refractivity contribution is 6.32. The quantitative estimate of drug-likeness (QED) is 0.436. The number of anilines is 1. The van der Waals surface area contributed by atoms with Crippen LogP contribution in [-0.4, -0.2) is 67.6 Å². The Morgan fingerprint density at radius 3 is 3.00 bits per heavy atom. The number of ether oxygens (including phenoxy) is 1. The zero-order valence-electron chi connectivity index (χ0n) is 16.5. The number of nitrogens with one attached hydrogen (secondary N) is 2. The van der Waals surface area contributed by atoms with Gasteiger partial charge in [-0.25, -0.2) is 4.98 Å². The maximum absolute atomic E-state index is 10.0. The van der Waals surface area contributed by atoms with Gasteiger partial charge in [0.25, 0.3) is 0 Å². The molecule has 0 radical (unpaired) electrons. The second-order valence-electron chi connectivity index (χ2n) is 7.19. The third kappa shape index (κ3) is 7.52. The molecule has 2 unspecified atom stereocenters. The first-order chi connectivity index (χ1) is 13.0. The molecular weight excluding hydrogens is 366 g/mol. The SMILES string of the molecule is CCNC(=NCC(O)COCC(C)C)NC1CCN(c2ncccc2Cl)C1. The van der Waals surface area contributed by atoms with Gasteiger partial charge in [0.2, 0.25) is 0 Å². The Kier molecular flexibility index (Phi) is 9.10. The molecule has 1 aliphatic rings. The monoisotopic (exact) mass is 397 g/mol. The largest absolute Gasteiger partial charge is 0.389 e. The molecule has 0 spiro atoms. The minimum Gasteiger partial charge on any atom is -0.389 e. The lowest BCUT2D eigenvalue weighted by Gasteiger charge is -2.20. The summed E-state index contributed by atoms with van der Waals surface area (Å²) in [4.78, 5) is 11.1. The lowest BCUT2D eigenvalue weighted by Crippen LogP contribution is -2.45. The van der Waals surface area contributed by atoms with E-state index in [0.717, 1.165) is 31.9 Å². The fourth-order valence-corrected chi connectivity index (χ4v) is 3.12. The lowest BCUT2D eigenvalue weighted by molar-refractivity contribution is 0.0301. The summed E-state index contributed by atoms with van der Waals surface area (Å²) in [7, 11) is 0. The van der Waals surface area contributed by atoms with Crippen LogP contribution >= 0.6 is 11.6 Å². The van der Waals surface area contributed by atoms with Crippen LogP contribution in [0.2, 0.25) is 5.02 Å². The van der Waals surface area contributed by atoms with Gasteiger partial charge in [0.15, 0.2) is 5.96 Å². The molecule has 27 heavy (non-hydrogen) atoms. The topological polar surface area (TPSA) is 82.0 Å². The summed E-state index contributed by atoms with van der Waals surface area (Å²) >= 11 is 6.25. The summed E-state index contributed by atoms with van der Waals surface area (Å²) < 4.78 is 5.47. The van der Waals surface area contributed by atoms with Gasteiger partial charge in [-0.3, -0.25) is 4.99 Å². The molecule has 1 aromatic rings. The number of aromatic nitrogens is 1. The molecule has 1 fully saturated rings. The van der Waals surface area contributed by atoms with Crippen molar-refractivity contribution in [1.82, 2.24) is 15.6 Å². The Morgan fingerprint density at radius 2 is 2.30 bits per heavy atom. The Balaban J connectivity index is 1.84. The molecule has 7 nitrogen and oxygen atoms in total. The van der Waals surface area contributed by atoms with Gasteiger partial charge in [0.1, 0.15) is 5.82 Å². The van der Waals surface area contributed by atoms with Crippen molar-refractivity contribution in [3.8, 4) is 0 Å². The predicted molar refractivity (Wildman–Crippen MR) is 111 cm³/mol. The van der Waals surface area contributed by atoms with Gasteiger partial charge >= 0.3 is 0 Å². The van der Waals surface area contributed by atoms with Crippen LogP contribution in [0.5, 0.6) is 0 Å². The predicted octanol–water partition coefficient (Wildman–Crippen LogP) is 1.90. The fraction of sp³-hybridized carbons (Fsp3) is 0.684. The second kappa shape index (κ2) is 11.3. The van der Waals surface area contributed by atoms with E-state index in [0.29, 0.717) is 36.7 Å². The molecule has 152 valence electrons. The first kappa shape index (κ1) is 21.7. The standard InChI is InChI=1S/C19H32ClN5O2/c1-4-21-19(23-10-16(26)13-27-12-14(2)3)24-15-7-9-25(11-15)18-17(20)6-5-8-22-18/h5-6,8,14-16,26H,4,7,9-13H2,1-3H3,(H2,21,23,24). The normalized spacial score (nSPS) is 18.8. The minimum absolute atomic E-state index is 0.246. The van der Waals surface area contributed by atoms with E-state index >= 15 is 0 Å². The average molecular weight is 398 g/mol. The van der Waals surface area contributed by atoms with Crippen molar-refractivity contribution in [3.63, 3.8) is 0 Å². The highest BCUT2D eigenvalue weighted by Crippen LogP contribution is 2.25. The van der Waals surface area contributed by atoms with Crippen LogP contribution in [-0.2, 0) is 4.74 Å². The molecule has 0 aliphatic carbocycles. The Hall–Kier alpha value is -1.57. The molecule has 0 amide bonds. The summed E-state index contributed by atoms with van der Waals surface area (Å²) in [5.74, 6) is 1.99. The average Bonchev–Trinajstić information content (AvgIpc) is 3.08. The molecule has 1 aromatic heterocycles. The molecule has 1 aliphatic heterocycles. The van der Waals surface area contributed by atoms with Crippen LogP contribution < -0.4 is 15.5 Å². The van der Waals surface area contributed by atoms with Crippen LogP contribution in [0, 0.1) is 5.92 Å². The number of hydrogen-bond acceptors (Lipinski definition) is 5. The van der Waals surface area contributed by atoms with E-state index in [2.05, 4.69) is 39.4 Å². The Morgan fingerprint density at radius 1 is 1.48 bits per heavy atom. The van der Waals surface area contributed by atoms with Crippen LogP contribution in [0.15, 0.2) is 23.3 Å². The van der Waals surface area contributed by atoms with Gasteiger partial charge in [-0.2, -0.15) is 0 Å². The minimum atomic E-state index is -0.605. The number of aliphatic hydroxyl groups excluding tert-OH is 1. The van der Waals surface area contributed by atoms with Crippen LogP contribution in [0.4, 0.5) is 5.82 Å². The Bertz CT molecular complexity index is 599. The maximum atomic E-state index is 10.0. The van der Waals surface area contributed by atoms with Gasteiger partial charge < -0.3 is 25.4 Å². The van der Waals surface area contributed by atoms with E-state index in [4.69, 9.17) is 16.3 Å². The lowest BCUT2D eigenvalue weighted by atomic mass is 10.2. The van der Waals surface area contributed by atoms with Crippen molar-refractivity contribution in [1.29, 1.82) is 0 Å². The number of guanidine groups is 1. The van der Waals surface area contributed by atoms with E-state index in [9.17, 15) is 5.11 Å². The zero-order valence-corrected chi connectivity index (χ0v) is 17.2. The van der Waals surface area contributed by atoms with Crippen LogP contribution in [0.3, 0.4) is 0 Å². The summed E-state index contributed by atoms with van der Waals surface area (Å²) in [6.45, 7) is 9.89. The molecule has 0 bridgehead atoms. The highest BCUT2D eigenvalue weighted by Gasteiger charge is 2.25. The Labute approximate surface area is 167 Å². The summed E-state index contributed by atoms with van der Waals surface area (Å²) in [6, 6.07) is 3.94. The van der Waals surface area contributed by atoms with Gasteiger partial charge in [-0.15, -0.1) is 0 Å². The molecule has 0 aromatic carbocycles. The third-order valence-corrected chi connectivity index (χ3v) is 4.43. The summed E-state index contributed by atoms with van der Waals surface area (Å²) in [6.07, 6.45) is 2.12. The number of rotatable bonds is 9. The molecule has 2 rings (SSSR count). The third-order valence-electron chi connectivity index (χ3n) is 4.13. The smallest absolute Gasteiger partial charge is 0.191 e. The summed E-state index contributed by atoms with van der Waals surface area (Å²) in [5.41, 5.74) is 0. The van der Waals surface area contributed by atoms with E-state index < -0.39 is 6.10 Å². The molecule has 2 heterocycles. The maximum Gasteiger partial charge on any atom is 0.191 e. The molecule has 3 N–H and O–H groups in total. The van der Waals surface area contributed by atoms with Crippen molar-refractivity contribution in [3.05, 3.63) is 23.4 Å². The van der Waals surface area contributed by atoms with Gasteiger partial charge in [-0.1, -0.05) is 25.4 Å². The van der Waals surface area contributed by atoms with E-state index in [1.54, 1.807) is 6.20 Å². The molecule has 1 saturated heterocycles. The zero-order chi connectivity index (χ0) is 19.6. The highest BCUT2D eigenvalue weighted by atomic mass is 35.5. The van der Waals surface area contributed by atoms with Crippen LogP contribution in [0.1, 0.15) is 27.2 Å². The van der Waals surface area contributed by atoms with Crippen molar-refractivity contribution in [2.75, 3.05) is 44.3 Å². The number of nitrogens with zero attached hydrogens (tertiary/aromatic N) is 3. The number of halogens is 1. The number of hydrogen-bond donors (Lipinski definition) is 3. The first-order valence-electron chi connectivity index (χ1n) is 9.65. The fourth-order valence-electron chi connectivity index (χ4n) is 2.88. The molecule has 8 heteroatoms. The number of aliphatic imine (C=N–C) groups is 1. The number of pyridine rings is 1. The number of aliphatic hydroxyl groups is 1. The van der Waals surface area contributed by atoms with E-state index in [-0.39, 0.29) is 6.04 Å². The van der Waals surface area contributed by atoms with Gasteiger partial charge in [-0.05, 0) is 31.4 Å². The van der Waals surface area contributed by atoms with Crippen molar-refractivity contribution in [2.45, 2.75) is 39.3 Å². The second-order valence-corrected chi connectivity index (χ2v) is 7.60. The first-order valence-corrected chi connectivity index (χ1v) is 10.0. The molecular formula is C19H32ClN5O2. The summed E-state index contributed by atoms with van der Waals surface area (Å²) in [5, 5.41) is 17.4. The van der Waals surface area contributed by atoms with Crippen molar-refractivity contribution < 1.29 is 9.84 Å². The van der Waals surface area contributed by atoms with Crippen LogP contribution in [0.25, 0.3) is 0 Å². The van der Waals surface area contributed by atoms with E-state index in [1.165, 1.54) is 0 Å². The molecule has 0 saturated carbocycles. The van der Waals surface area contributed by atoms with Crippen molar-refractivity contribution >= 4 is 23.4 Å².